The number of thiol groups is 1. The van der Waals surface area contributed by atoms with Gasteiger partial charge in [0.05, 0.1) is 5.75 Å². The molecule has 114 valence electrons. The summed E-state index contributed by atoms with van der Waals surface area (Å²) in [7, 11) is 0. The fraction of sp³-hybridized carbons (Fsp3) is 0.0500. The second-order valence-electron chi connectivity index (χ2n) is 5.15. The fourth-order valence-electron chi connectivity index (χ4n) is 2.25. The Kier molecular flexibility index (Phi) is 5.21. The van der Waals surface area contributed by atoms with E-state index in [-0.39, 0.29) is 5.78 Å². The SMILES string of the molecule is O=C(CSc1ccc(-c2ccc(S)cc2)cc1)c1ccccc1. The van der Waals surface area contributed by atoms with Crippen LogP contribution in [0.3, 0.4) is 0 Å². The number of benzene rings is 3. The normalized spacial score (nSPS) is 10.5. The lowest BCUT2D eigenvalue weighted by atomic mass is 10.1. The predicted molar refractivity (Wildman–Crippen MR) is 101 cm³/mol. The Balaban J connectivity index is 1.64. The number of rotatable bonds is 5. The molecule has 3 heteroatoms. The highest BCUT2D eigenvalue weighted by atomic mass is 32.2. The third-order valence-electron chi connectivity index (χ3n) is 3.52. The molecule has 0 aromatic heterocycles. The standard InChI is InChI=1S/C20H16OS2/c21-20(17-4-2-1-3-5-17)14-23-19-12-8-16(9-13-19)15-6-10-18(22)11-7-15/h1-13,22H,14H2. The average molecular weight is 336 g/mol. The Hall–Kier alpha value is -1.97. The highest BCUT2D eigenvalue weighted by molar-refractivity contribution is 8.00. The quantitative estimate of drug-likeness (QED) is 0.370. The first-order chi connectivity index (χ1) is 11.2. The number of hydrogen-bond acceptors (Lipinski definition) is 3. The molecule has 3 aromatic rings. The second kappa shape index (κ2) is 7.53. The van der Waals surface area contributed by atoms with Crippen LogP contribution < -0.4 is 0 Å². The van der Waals surface area contributed by atoms with Crippen molar-refractivity contribution in [1.82, 2.24) is 0 Å². The van der Waals surface area contributed by atoms with Gasteiger partial charge in [-0.1, -0.05) is 54.6 Å². The lowest BCUT2D eigenvalue weighted by molar-refractivity contribution is 0.102. The minimum atomic E-state index is 0.157. The first-order valence-electron chi connectivity index (χ1n) is 7.33. The number of ketones is 1. The van der Waals surface area contributed by atoms with E-state index in [1.54, 1.807) is 11.8 Å². The van der Waals surface area contributed by atoms with Gasteiger partial charge in [-0.15, -0.1) is 24.4 Å². The van der Waals surface area contributed by atoms with Crippen molar-refractivity contribution < 1.29 is 4.79 Å². The first-order valence-corrected chi connectivity index (χ1v) is 8.76. The average Bonchev–Trinajstić information content (AvgIpc) is 2.61. The highest BCUT2D eigenvalue weighted by Gasteiger charge is 2.06. The van der Waals surface area contributed by atoms with Crippen LogP contribution in [-0.2, 0) is 0 Å². The maximum absolute atomic E-state index is 12.1. The highest BCUT2D eigenvalue weighted by Crippen LogP contribution is 2.25. The Labute approximate surface area is 146 Å². The number of thioether (sulfide) groups is 1. The Morgan fingerprint density at radius 2 is 1.35 bits per heavy atom. The summed E-state index contributed by atoms with van der Waals surface area (Å²) in [5, 5.41) is 0. The molecule has 0 saturated carbocycles. The van der Waals surface area contributed by atoms with Crippen molar-refractivity contribution >= 4 is 30.2 Å². The third kappa shape index (κ3) is 4.27. The van der Waals surface area contributed by atoms with Gasteiger partial charge >= 0.3 is 0 Å². The van der Waals surface area contributed by atoms with Crippen molar-refractivity contribution in [1.29, 1.82) is 0 Å². The molecule has 0 unspecified atom stereocenters. The summed E-state index contributed by atoms with van der Waals surface area (Å²) in [5.41, 5.74) is 3.10. The van der Waals surface area contributed by atoms with E-state index in [9.17, 15) is 4.79 Å². The maximum Gasteiger partial charge on any atom is 0.173 e. The van der Waals surface area contributed by atoms with Crippen LogP contribution in [0, 0.1) is 0 Å². The molecule has 0 heterocycles. The summed E-state index contributed by atoms with van der Waals surface area (Å²) in [5.74, 6) is 0.613. The molecule has 0 amide bonds. The minimum absolute atomic E-state index is 0.157. The van der Waals surface area contributed by atoms with E-state index >= 15 is 0 Å². The molecule has 3 aromatic carbocycles. The second-order valence-corrected chi connectivity index (χ2v) is 6.71. The largest absolute Gasteiger partial charge is 0.293 e. The lowest BCUT2D eigenvalue weighted by Crippen LogP contribution is -2.01. The summed E-state index contributed by atoms with van der Waals surface area (Å²) in [6, 6.07) is 25.8. The van der Waals surface area contributed by atoms with Crippen LogP contribution in [0.1, 0.15) is 10.4 Å². The Morgan fingerprint density at radius 3 is 1.96 bits per heavy atom. The van der Waals surface area contributed by atoms with Gasteiger partial charge in [0.1, 0.15) is 0 Å². The molecular formula is C20H16OS2. The van der Waals surface area contributed by atoms with Crippen molar-refractivity contribution in [3.63, 3.8) is 0 Å². The van der Waals surface area contributed by atoms with Crippen LogP contribution in [0.15, 0.2) is 88.7 Å². The molecule has 0 fully saturated rings. The Bertz CT molecular complexity index is 778. The van der Waals surface area contributed by atoms with Gasteiger partial charge in [0.15, 0.2) is 5.78 Å². The van der Waals surface area contributed by atoms with Crippen molar-refractivity contribution in [2.75, 3.05) is 5.75 Å². The van der Waals surface area contributed by atoms with E-state index in [1.807, 2.05) is 42.5 Å². The summed E-state index contributed by atoms with van der Waals surface area (Å²) in [6.07, 6.45) is 0. The predicted octanol–water partition coefficient (Wildman–Crippen LogP) is 5.62. The van der Waals surface area contributed by atoms with E-state index in [0.717, 1.165) is 20.9 Å². The molecule has 0 spiro atoms. The van der Waals surface area contributed by atoms with Gasteiger partial charge in [0, 0.05) is 15.4 Å². The van der Waals surface area contributed by atoms with E-state index in [2.05, 4.69) is 49.0 Å². The van der Waals surface area contributed by atoms with Gasteiger partial charge < -0.3 is 0 Å². The van der Waals surface area contributed by atoms with Crippen molar-refractivity contribution in [2.45, 2.75) is 9.79 Å². The summed E-state index contributed by atoms with van der Waals surface area (Å²) in [6.45, 7) is 0. The fourth-order valence-corrected chi connectivity index (χ4v) is 3.20. The summed E-state index contributed by atoms with van der Waals surface area (Å²) < 4.78 is 0. The van der Waals surface area contributed by atoms with Crippen LogP contribution in [0.2, 0.25) is 0 Å². The molecule has 0 radical (unpaired) electrons. The zero-order valence-corrected chi connectivity index (χ0v) is 14.2. The number of hydrogen-bond donors (Lipinski definition) is 1. The minimum Gasteiger partial charge on any atom is -0.293 e. The van der Waals surface area contributed by atoms with Crippen molar-refractivity contribution in [2.24, 2.45) is 0 Å². The van der Waals surface area contributed by atoms with Gasteiger partial charge in [-0.05, 0) is 35.4 Å². The van der Waals surface area contributed by atoms with E-state index < -0.39 is 0 Å². The van der Waals surface area contributed by atoms with E-state index in [1.165, 1.54) is 5.56 Å². The van der Waals surface area contributed by atoms with Crippen LogP contribution in [-0.4, -0.2) is 11.5 Å². The van der Waals surface area contributed by atoms with Gasteiger partial charge in [0.2, 0.25) is 0 Å². The van der Waals surface area contributed by atoms with Crippen LogP contribution in [0.4, 0.5) is 0 Å². The zero-order valence-electron chi connectivity index (χ0n) is 12.5. The molecule has 3 rings (SSSR count). The molecule has 0 saturated heterocycles. The topological polar surface area (TPSA) is 17.1 Å². The van der Waals surface area contributed by atoms with Gasteiger partial charge in [-0.3, -0.25) is 4.79 Å². The lowest BCUT2D eigenvalue weighted by Gasteiger charge is -2.05. The molecular weight excluding hydrogens is 320 g/mol. The van der Waals surface area contributed by atoms with Crippen LogP contribution in [0.5, 0.6) is 0 Å². The van der Waals surface area contributed by atoms with Crippen LogP contribution >= 0.6 is 24.4 Å². The Morgan fingerprint density at radius 1 is 0.783 bits per heavy atom. The number of carbonyl (C=O) groups excluding carboxylic acids is 1. The smallest absolute Gasteiger partial charge is 0.173 e. The monoisotopic (exact) mass is 336 g/mol. The van der Waals surface area contributed by atoms with Crippen LogP contribution in [0.25, 0.3) is 11.1 Å². The summed E-state index contributed by atoms with van der Waals surface area (Å²) in [4.78, 5) is 14.2. The van der Waals surface area contributed by atoms with Crippen molar-refractivity contribution in [3.8, 4) is 11.1 Å². The van der Waals surface area contributed by atoms with E-state index in [0.29, 0.717) is 5.75 Å². The molecule has 0 aliphatic rings. The third-order valence-corrected chi connectivity index (χ3v) is 4.83. The first kappa shape index (κ1) is 15.9. The van der Waals surface area contributed by atoms with Gasteiger partial charge in [-0.2, -0.15) is 0 Å². The molecule has 0 N–H and O–H groups in total. The van der Waals surface area contributed by atoms with Gasteiger partial charge in [-0.25, -0.2) is 0 Å². The zero-order chi connectivity index (χ0) is 16.1. The number of carbonyl (C=O) groups is 1. The van der Waals surface area contributed by atoms with Gasteiger partial charge in [0.25, 0.3) is 0 Å². The molecule has 0 aliphatic carbocycles. The molecule has 0 bridgehead atoms. The molecule has 1 nitrogen and oxygen atoms in total. The number of Topliss-reactive ketones (excluding diaryl/α,β-unsaturated/α-hetero) is 1. The molecule has 0 atom stereocenters. The molecule has 0 aliphatic heterocycles. The maximum atomic E-state index is 12.1. The molecule has 23 heavy (non-hydrogen) atoms. The van der Waals surface area contributed by atoms with Crippen molar-refractivity contribution in [3.05, 3.63) is 84.4 Å². The van der Waals surface area contributed by atoms with E-state index in [4.69, 9.17) is 0 Å². The summed E-state index contributed by atoms with van der Waals surface area (Å²) >= 11 is 5.87.